The third-order valence-corrected chi connectivity index (χ3v) is 6.42. The average Bonchev–Trinajstić information content (AvgIpc) is 3.38. The van der Waals surface area contributed by atoms with Crippen molar-refractivity contribution in [2.45, 2.75) is 77.7 Å². The molecule has 0 amide bonds. The zero-order valence-electron chi connectivity index (χ0n) is 17.9. The van der Waals surface area contributed by atoms with Crippen LogP contribution in [0.15, 0.2) is 9.41 Å². The lowest BCUT2D eigenvalue weighted by Crippen LogP contribution is -2.47. The molecule has 1 aromatic heterocycles. The first-order valence-corrected chi connectivity index (χ1v) is 11.0. The molecule has 3 aliphatic heterocycles. The van der Waals surface area contributed by atoms with E-state index in [1.807, 2.05) is 13.8 Å². The van der Waals surface area contributed by atoms with Crippen LogP contribution in [0.1, 0.15) is 56.4 Å². The molecular formula is C21H36IN5O2. The Morgan fingerprint density at radius 3 is 2.59 bits per heavy atom. The number of likely N-dealkylation sites (tertiary alicyclic amines) is 1. The van der Waals surface area contributed by atoms with E-state index in [1.165, 1.54) is 25.7 Å². The molecule has 0 aromatic carbocycles. The van der Waals surface area contributed by atoms with E-state index in [4.69, 9.17) is 14.1 Å². The SMILES string of the molecule is CCNC(=NCC1CCN(Cc2nc(C)c(C)o2)CC1)NC1CC2CCC1O2.I. The lowest BCUT2D eigenvalue weighted by molar-refractivity contribution is 0.0992. The standard InChI is InChI=1S/C21H35N5O2.HI/c1-4-22-21(25-18-11-17-5-6-19(18)28-17)23-12-16-7-9-26(10-8-16)13-20-24-14(2)15(3)27-20;/h16-19H,4-13H2,1-3H3,(H2,22,23,25);1H. The Balaban J connectivity index is 0.00000240. The van der Waals surface area contributed by atoms with Crippen molar-refractivity contribution in [3.05, 3.63) is 17.3 Å². The predicted molar refractivity (Wildman–Crippen MR) is 125 cm³/mol. The van der Waals surface area contributed by atoms with Crippen molar-refractivity contribution in [3.8, 4) is 0 Å². The van der Waals surface area contributed by atoms with Gasteiger partial charge in [0.25, 0.3) is 0 Å². The summed E-state index contributed by atoms with van der Waals surface area (Å²) in [6, 6.07) is 0.422. The third-order valence-electron chi connectivity index (χ3n) is 6.42. The van der Waals surface area contributed by atoms with Gasteiger partial charge in [-0.1, -0.05) is 0 Å². The van der Waals surface area contributed by atoms with E-state index < -0.39 is 0 Å². The zero-order valence-corrected chi connectivity index (χ0v) is 20.3. The van der Waals surface area contributed by atoms with Gasteiger partial charge in [0.1, 0.15) is 5.76 Å². The number of hydrogen-bond donors (Lipinski definition) is 2. The number of ether oxygens (including phenoxy) is 1. The first-order chi connectivity index (χ1) is 13.6. The summed E-state index contributed by atoms with van der Waals surface area (Å²) >= 11 is 0. The Hall–Kier alpha value is -0.870. The molecule has 7 nitrogen and oxygen atoms in total. The van der Waals surface area contributed by atoms with Gasteiger partial charge in [-0.3, -0.25) is 9.89 Å². The molecule has 2 N–H and O–H groups in total. The fourth-order valence-corrected chi connectivity index (χ4v) is 4.63. The second kappa shape index (κ2) is 10.4. The van der Waals surface area contributed by atoms with Gasteiger partial charge < -0.3 is 19.8 Å². The first-order valence-electron chi connectivity index (χ1n) is 11.0. The molecule has 3 aliphatic rings. The van der Waals surface area contributed by atoms with Crippen LogP contribution in [0.2, 0.25) is 0 Å². The number of nitrogens with zero attached hydrogens (tertiary/aromatic N) is 3. The smallest absolute Gasteiger partial charge is 0.208 e. The molecule has 3 unspecified atom stereocenters. The number of halogens is 1. The molecule has 2 bridgehead atoms. The summed E-state index contributed by atoms with van der Waals surface area (Å²) < 4.78 is 11.7. The van der Waals surface area contributed by atoms with Crippen molar-refractivity contribution in [1.82, 2.24) is 20.5 Å². The maximum atomic E-state index is 5.96. The Bertz CT molecular complexity index is 667. The molecule has 3 saturated heterocycles. The van der Waals surface area contributed by atoms with Crippen LogP contribution in [0.5, 0.6) is 0 Å². The molecule has 4 heterocycles. The highest BCUT2D eigenvalue weighted by molar-refractivity contribution is 14.0. The summed E-state index contributed by atoms with van der Waals surface area (Å²) in [4.78, 5) is 11.9. The van der Waals surface area contributed by atoms with E-state index in [0.717, 1.165) is 62.4 Å². The van der Waals surface area contributed by atoms with Gasteiger partial charge in [0.2, 0.25) is 5.89 Å². The number of fused-ring (bicyclic) bond motifs is 2. The third kappa shape index (κ3) is 5.85. The van der Waals surface area contributed by atoms with Crippen LogP contribution in [0.4, 0.5) is 0 Å². The van der Waals surface area contributed by atoms with Crippen LogP contribution >= 0.6 is 24.0 Å². The van der Waals surface area contributed by atoms with E-state index in [9.17, 15) is 0 Å². The van der Waals surface area contributed by atoms with E-state index >= 15 is 0 Å². The van der Waals surface area contributed by atoms with Crippen LogP contribution in [-0.4, -0.2) is 60.3 Å². The first kappa shape index (κ1) is 22.8. The second-order valence-electron chi connectivity index (χ2n) is 8.55. The van der Waals surface area contributed by atoms with Gasteiger partial charge >= 0.3 is 0 Å². The summed E-state index contributed by atoms with van der Waals surface area (Å²) in [7, 11) is 0. The van der Waals surface area contributed by atoms with Crippen molar-refractivity contribution in [2.75, 3.05) is 26.2 Å². The average molecular weight is 517 g/mol. The Morgan fingerprint density at radius 2 is 2.00 bits per heavy atom. The number of aromatic nitrogens is 1. The molecule has 164 valence electrons. The van der Waals surface area contributed by atoms with Gasteiger partial charge in [0.05, 0.1) is 30.5 Å². The number of hydrogen-bond acceptors (Lipinski definition) is 5. The van der Waals surface area contributed by atoms with Gasteiger partial charge in [-0.25, -0.2) is 4.98 Å². The second-order valence-corrected chi connectivity index (χ2v) is 8.55. The Labute approximate surface area is 191 Å². The van der Waals surface area contributed by atoms with Crippen LogP contribution in [-0.2, 0) is 11.3 Å². The number of oxazole rings is 1. The van der Waals surface area contributed by atoms with Crippen molar-refractivity contribution in [1.29, 1.82) is 0 Å². The lowest BCUT2D eigenvalue weighted by atomic mass is 9.95. The summed E-state index contributed by atoms with van der Waals surface area (Å²) in [6.45, 7) is 10.9. The number of rotatable bonds is 6. The molecule has 0 aliphatic carbocycles. The van der Waals surface area contributed by atoms with Crippen LogP contribution < -0.4 is 10.6 Å². The van der Waals surface area contributed by atoms with Gasteiger partial charge in [0.15, 0.2) is 5.96 Å². The van der Waals surface area contributed by atoms with Crippen LogP contribution in [0.25, 0.3) is 0 Å². The monoisotopic (exact) mass is 517 g/mol. The molecule has 0 saturated carbocycles. The molecule has 1 aromatic rings. The molecule has 29 heavy (non-hydrogen) atoms. The molecule has 0 spiro atoms. The van der Waals surface area contributed by atoms with E-state index in [-0.39, 0.29) is 24.0 Å². The molecule has 8 heteroatoms. The van der Waals surface area contributed by atoms with E-state index in [2.05, 4.69) is 27.4 Å². The Morgan fingerprint density at radius 1 is 1.21 bits per heavy atom. The fourth-order valence-electron chi connectivity index (χ4n) is 4.63. The number of nitrogens with one attached hydrogen (secondary N) is 2. The van der Waals surface area contributed by atoms with Gasteiger partial charge in [-0.2, -0.15) is 0 Å². The predicted octanol–water partition coefficient (Wildman–Crippen LogP) is 3.00. The highest BCUT2D eigenvalue weighted by Gasteiger charge is 2.41. The van der Waals surface area contributed by atoms with E-state index in [1.54, 1.807) is 0 Å². The topological polar surface area (TPSA) is 74.9 Å². The minimum Gasteiger partial charge on any atom is -0.444 e. The summed E-state index contributed by atoms with van der Waals surface area (Å²) in [5.74, 6) is 3.38. The summed E-state index contributed by atoms with van der Waals surface area (Å²) in [5, 5.41) is 7.03. The van der Waals surface area contributed by atoms with Gasteiger partial charge in [-0.15, -0.1) is 24.0 Å². The minimum atomic E-state index is 0. The van der Waals surface area contributed by atoms with Crippen molar-refractivity contribution in [3.63, 3.8) is 0 Å². The normalized spacial score (nSPS) is 27.8. The van der Waals surface area contributed by atoms with Gasteiger partial charge in [0, 0.05) is 13.1 Å². The fraction of sp³-hybridized carbons (Fsp3) is 0.810. The molecule has 3 fully saturated rings. The summed E-state index contributed by atoms with van der Waals surface area (Å²) in [5.41, 5.74) is 1.00. The number of aliphatic imine (C=N–C) groups is 1. The minimum absolute atomic E-state index is 0. The number of aryl methyl sites for hydroxylation is 2. The molecule has 0 radical (unpaired) electrons. The molecule has 3 atom stereocenters. The highest BCUT2D eigenvalue weighted by atomic mass is 127. The molecule has 4 rings (SSSR count). The quantitative estimate of drug-likeness (QED) is 0.344. The maximum Gasteiger partial charge on any atom is 0.208 e. The van der Waals surface area contributed by atoms with Crippen molar-refractivity contribution >= 4 is 29.9 Å². The molecular weight excluding hydrogens is 481 g/mol. The maximum absolute atomic E-state index is 5.96. The number of guanidine groups is 1. The van der Waals surface area contributed by atoms with Crippen molar-refractivity contribution in [2.24, 2.45) is 10.9 Å². The number of piperidine rings is 1. The van der Waals surface area contributed by atoms with Crippen molar-refractivity contribution < 1.29 is 9.15 Å². The van der Waals surface area contributed by atoms with Crippen LogP contribution in [0, 0.1) is 19.8 Å². The lowest BCUT2D eigenvalue weighted by Gasteiger charge is -2.30. The van der Waals surface area contributed by atoms with E-state index in [0.29, 0.717) is 24.2 Å². The zero-order chi connectivity index (χ0) is 19.5. The largest absolute Gasteiger partial charge is 0.444 e. The summed E-state index contributed by atoms with van der Waals surface area (Å²) in [6.07, 6.45) is 6.72. The Kier molecular flexibility index (Phi) is 8.21. The van der Waals surface area contributed by atoms with Crippen LogP contribution in [0.3, 0.4) is 0 Å². The van der Waals surface area contributed by atoms with Gasteiger partial charge in [-0.05, 0) is 71.9 Å². The highest BCUT2D eigenvalue weighted by Crippen LogP contribution is 2.34.